The highest BCUT2D eigenvalue weighted by atomic mass is 31.2. The molecule has 0 spiro atoms. The Balaban J connectivity index is 4.54. The number of aliphatic hydroxyl groups excluding tert-OH is 2. The number of carbonyl (C=O) groups excluding carboxylic acids is 3. The molecule has 0 radical (unpaired) electrons. The van der Waals surface area contributed by atoms with Gasteiger partial charge >= 0.3 is 33.6 Å². The minimum atomic E-state index is -4.93. The number of allylic oxidation sites excluding steroid dienone is 18. The first kappa shape index (κ1) is 101. The number of carbonyl (C=O) groups is 3. The molecule has 18 heteroatoms. The number of rotatable bonds is 80. The summed E-state index contributed by atoms with van der Waals surface area (Å²) in [5.41, 5.74) is 0. The first-order valence-electron chi connectivity index (χ1n) is 42.2. The van der Waals surface area contributed by atoms with Gasteiger partial charge in [-0.25, -0.2) is 9.13 Å². The van der Waals surface area contributed by atoms with Crippen LogP contribution < -0.4 is 0 Å². The molecule has 105 heavy (non-hydrogen) atoms. The molecule has 4 N–H and O–H groups in total. The maximum Gasteiger partial charge on any atom is 0.472 e. The molecule has 0 aliphatic rings. The van der Waals surface area contributed by atoms with Crippen LogP contribution >= 0.6 is 15.6 Å². The Morgan fingerprint density at radius 3 is 0.819 bits per heavy atom. The fourth-order valence-electron chi connectivity index (χ4n) is 11.6. The number of phosphoric acid groups is 2. The van der Waals surface area contributed by atoms with Gasteiger partial charge in [0.15, 0.2) is 6.10 Å². The molecule has 0 aromatic heterocycles. The predicted octanol–water partition coefficient (Wildman–Crippen LogP) is 25.1. The second kappa shape index (κ2) is 79.8. The number of phosphoric ester groups is 2. The summed E-state index contributed by atoms with van der Waals surface area (Å²) in [4.78, 5) is 58.8. The summed E-state index contributed by atoms with van der Waals surface area (Å²) < 4.78 is 61.3. The minimum Gasteiger partial charge on any atom is -0.463 e. The summed E-state index contributed by atoms with van der Waals surface area (Å²) in [6.45, 7) is 2.59. The third-order valence-corrected chi connectivity index (χ3v) is 19.9. The van der Waals surface area contributed by atoms with Gasteiger partial charge in [-0.3, -0.25) is 32.5 Å². The highest BCUT2D eigenvalue weighted by Crippen LogP contribution is 2.45. The van der Waals surface area contributed by atoms with E-state index in [2.05, 4.69) is 130 Å². The second-order valence-electron chi connectivity index (χ2n) is 28.3. The maximum absolute atomic E-state index is 13.0. The van der Waals surface area contributed by atoms with Crippen LogP contribution in [0.5, 0.6) is 0 Å². The minimum absolute atomic E-state index is 0.108. The molecule has 0 fully saturated rings. The van der Waals surface area contributed by atoms with Gasteiger partial charge in [-0.15, -0.1) is 0 Å². The predicted molar refractivity (Wildman–Crippen MR) is 436 cm³/mol. The Morgan fingerprint density at radius 2 is 0.505 bits per heavy atom. The van der Waals surface area contributed by atoms with Gasteiger partial charge in [-0.1, -0.05) is 348 Å². The Labute approximate surface area is 640 Å². The number of esters is 3. The number of hydrogen-bond donors (Lipinski definition) is 4. The van der Waals surface area contributed by atoms with Gasteiger partial charge in [-0.05, 0) is 109 Å². The highest BCUT2D eigenvalue weighted by molar-refractivity contribution is 7.47. The fourth-order valence-corrected chi connectivity index (χ4v) is 13.2. The number of hydrogen-bond acceptors (Lipinski definition) is 14. The lowest BCUT2D eigenvalue weighted by atomic mass is 10.0. The van der Waals surface area contributed by atoms with E-state index < -0.39 is 91.5 Å². The fraction of sp³-hybridized carbons (Fsp3) is 0.759. The van der Waals surface area contributed by atoms with E-state index in [1.165, 1.54) is 173 Å². The van der Waals surface area contributed by atoms with Crippen LogP contribution in [0.25, 0.3) is 0 Å². The van der Waals surface area contributed by atoms with E-state index in [4.69, 9.17) is 32.3 Å². The molecule has 608 valence electrons. The highest BCUT2D eigenvalue weighted by Gasteiger charge is 2.29. The van der Waals surface area contributed by atoms with E-state index in [0.717, 1.165) is 135 Å². The summed E-state index contributed by atoms with van der Waals surface area (Å²) >= 11 is 0. The standard InChI is InChI=1S/C87H154O16P2/c1-4-7-10-13-16-19-22-25-28-30-32-34-36-38-40-42-44-46-48-50-53-55-58-61-64-67-70-73-85(90)97-76-82(88)77-99-104(93,94)100-78-83(89)79-101-105(95,96)102-81-84(103-87(92)75-72-69-66-63-60-57-52-27-24-21-18-15-12-9-6-3)80-98-86(91)74-71-68-65-62-59-56-54-51-49-47-45-43-41-39-37-35-33-31-29-26-23-20-17-14-11-8-5-2/h7,10,16-17,19-20,25-26,28-29,32-35,38-41,82-84,88-89H,4-6,8-9,11-15,18,21-24,27,30-31,36-37,42-81H2,1-3H3,(H,93,94)(H,95,96)/b10-7-,19-16-,20-17-,28-25-,29-26-,34-32-,35-33-,40-38-,41-39-. The van der Waals surface area contributed by atoms with Gasteiger partial charge in [0, 0.05) is 19.3 Å². The molecule has 5 unspecified atom stereocenters. The molecule has 0 aliphatic heterocycles. The third kappa shape index (κ3) is 81.0. The molecular weight excluding hydrogens is 1360 g/mol. The van der Waals surface area contributed by atoms with Crippen molar-refractivity contribution in [1.29, 1.82) is 0 Å². The summed E-state index contributed by atoms with van der Waals surface area (Å²) in [6.07, 6.45) is 94.1. The Morgan fingerprint density at radius 1 is 0.276 bits per heavy atom. The van der Waals surface area contributed by atoms with Crippen molar-refractivity contribution in [3.63, 3.8) is 0 Å². The second-order valence-corrected chi connectivity index (χ2v) is 31.2. The SMILES string of the molecule is CC/C=C\C/C=C\C/C=C\C/C=C\C/C=C\CCCCCCCCCCCCCC(=O)OCC(O)COP(=O)(O)OCC(O)COP(=O)(O)OCC(COC(=O)CCCCCCCCCCCCC/C=C\C/C=C\C/C=C\C/C=C\CCCCC)OC(=O)CCCCCCCCCCCCCCCCC. The van der Waals surface area contributed by atoms with Crippen LogP contribution in [0.4, 0.5) is 0 Å². The van der Waals surface area contributed by atoms with Crippen molar-refractivity contribution in [3.05, 3.63) is 109 Å². The Kier molecular flexibility index (Phi) is 76.9. The van der Waals surface area contributed by atoms with Crippen molar-refractivity contribution in [1.82, 2.24) is 0 Å². The van der Waals surface area contributed by atoms with Gasteiger partial charge in [0.05, 0.1) is 26.4 Å². The van der Waals surface area contributed by atoms with E-state index >= 15 is 0 Å². The van der Waals surface area contributed by atoms with Crippen molar-refractivity contribution in [2.75, 3.05) is 39.6 Å². The lowest BCUT2D eigenvalue weighted by Crippen LogP contribution is -2.30. The average Bonchev–Trinajstić information content (AvgIpc) is 0.942. The van der Waals surface area contributed by atoms with Crippen molar-refractivity contribution in [3.8, 4) is 0 Å². The lowest BCUT2D eigenvalue weighted by Gasteiger charge is -2.21. The molecule has 0 saturated heterocycles. The van der Waals surface area contributed by atoms with Crippen molar-refractivity contribution < 1.29 is 75.8 Å². The number of aliphatic hydroxyl groups is 2. The van der Waals surface area contributed by atoms with Crippen LogP contribution in [-0.4, -0.2) is 95.9 Å². The van der Waals surface area contributed by atoms with Crippen molar-refractivity contribution >= 4 is 33.6 Å². The molecule has 0 amide bonds. The average molecular weight is 1520 g/mol. The van der Waals surface area contributed by atoms with E-state index in [9.17, 15) is 43.5 Å². The smallest absolute Gasteiger partial charge is 0.463 e. The maximum atomic E-state index is 13.0. The summed E-state index contributed by atoms with van der Waals surface area (Å²) in [6, 6.07) is 0. The normalized spacial score (nSPS) is 14.5. The summed E-state index contributed by atoms with van der Waals surface area (Å²) in [5, 5.41) is 20.7. The number of unbranched alkanes of at least 4 members (excludes halogenated alkanes) is 39. The molecule has 0 aromatic rings. The Hall–Kier alpha value is -3.79. The van der Waals surface area contributed by atoms with Crippen LogP contribution in [0.2, 0.25) is 0 Å². The third-order valence-electron chi connectivity index (χ3n) is 18.0. The Bertz CT molecular complexity index is 2340. The van der Waals surface area contributed by atoms with Crippen LogP contribution in [0.15, 0.2) is 109 Å². The molecule has 16 nitrogen and oxygen atoms in total. The lowest BCUT2D eigenvalue weighted by molar-refractivity contribution is -0.161. The van der Waals surface area contributed by atoms with Crippen molar-refractivity contribution in [2.24, 2.45) is 0 Å². The quantitative estimate of drug-likeness (QED) is 0.0146. The van der Waals surface area contributed by atoms with Crippen LogP contribution in [-0.2, 0) is 55.8 Å². The molecule has 0 saturated carbocycles. The zero-order valence-corrected chi connectivity index (χ0v) is 68.4. The zero-order valence-electron chi connectivity index (χ0n) is 66.6. The van der Waals surface area contributed by atoms with E-state index in [1.807, 2.05) is 0 Å². The van der Waals surface area contributed by atoms with Gasteiger partial charge < -0.3 is 34.2 Å². The van der Waals surface area contributed by atoms with Crippen LogP contribution in [0.3, 0.4) is 0 Å². The first-order chi connectivity index (χ1) is 51.2. The monoisotopic (exact) mass is 1520 g/mol. The van der Waals surface area contributed by atoms with Gasteiger partial charge in [-0.2, -0.15) is 0 Å². The van der Waals surface area contributed by atoms with Crippen molar-refractivity contribution in [2.45, 2.75) is 386 Å². The van der Waals surface area contributed by atoms with Crippen LogP contribution in [0.1, 0.15) is 367 Å². The van der Waals surface area contributed by atoms with Crippen LogP contribution in [0, 0.1) is 0 Å². The van der Waals surface area contributed by atoms with E-state index in [-0.39, 0.29) is 19.3 Å². The first-order valence-corrected chi connectivity index (χ1v) is 45.2. The molecule has 0 bridgehead atoms. The zero-order chi connectivity index (χ0) is 76.6. The molecule has 0 rings (SSSR count). The van der Waals surface area contributed by atoms with E-state index in [0.29, 0.717) is 19.3 Å². The summed E-state index contributed by atoms with van der Waals surface area (Å²) in [7, 11) is -9.79. The molecule has 5 atom stereocenters. The van der Waals surface area contributed by atoms with Gasteiger partial charge in [0.2, 0.25) is 0 Å². The van der Waals surface area contributed by atoms with E-state index in [1.54, 1.807) is 0 Å². The summed E-state index contributed by atoms with van der Waals surface area (Å²) in [5.74, 6) is -1.56. The largest absolute Gasteiger partial charge is 0.472 e. The molecule has 0 heterocycles. The molecular formula is C87H154O16P2. The molecule has 0 aromatic carbocycles. The number of ether oxygens (including phenoxy) is 3. The topological polar surface area (TPSA) is 231 Å². The van der Waals surface area contributed by atoms with Gasteiger partial charge in [0.1, 0.15) is 25.4 Å². The van der Waals surface area contributed by atoms with Gasteiger partial charge in [0.25, 0.3) is 0 Å². The molecule has 0 aliphatic carbocycles.